The van der Waals surface area contributed by atoms with Gasteiger partial charge in [-0.2, -0.15) is 0 Å². The minimum atomic E-state index is -5.05. The van der Waals surface area contributed by atoms with Gasteiger partial charge in [0.2, 0.25) is 0 Å². The van der Waals surface area contributed by atoms with Crippen molar-refractivity contribution in [2.24, 2.45) is 0 Å². The highest BCUT2D eigenvalue weighted by Crippen LogP contribution is 2.19. The molecule has 1 aromatic rings. The zero-order valence-electron chi connectivity index (χ0n) is 6.92. The van der Waals surface area contributed by atoms with Gasteiger partial charge >= 0.3 is 12.3 Å². The van der Waals surface area contributed by atoms with Crippen molar-refractivity contribution in [2.75, 3.05) is 0 Å². The maximum absolute atomic E-state index is 11.5. The molecular formula is C7H3ClF3NO3. The number of hydrogen-bond donors (Lipinski definition) is 0. The molecule has 0 radical (unpaired) electrons. The average Bonchev–Trinajstić information content (AvgIpc) is 2.14. The van der Waals surface area contributed by atoms with E-state index < -0.39 is 12.3 Å². The van der Waals surface area contributed by atoms with Crippen molar-refractivity contribution in [3.63, 3.8) is 0 Å². The zero-order valence-corrected chi connectivity index (χ0v) is 7.67. The Kier molecular flexibility index (Phi) is 3.48. The third-order valence-corrected chi connectivity index (χ3v) is 1.49. The van der Waals surface area contributed by atoms with E-state index in [2.05, 4.69) is 14.8 Å². The maximum Gasteiger partial charge on any atom is 0.558 e. The molecule has 1 rings (SSSR count). The Morgan fingerprint density at radius 1 is 1.47 bits per heavy atom. The van der Waals surface area contributed by atoms with Gasteiger partial charge in [0.05, 0.1) is 0 Å². The van der Waals surface area contributed by atoms with Crippen LogP contribution in [0.5, 0.6) is 0 Å². The fourth-order valence-corrected chi connectivity index (χ4v) is 0.865. The highest BCUT2D eigenvalue weighted by atomic mass is 35.5. The Morgan fingerprint density at radius 3 is 2.67 bits per heavy atom. The summed E-state index contributed by atoms with van der Waals surface area (Å²) in [7, 11) is 0. The van der Waals surface area contributed by atoms with Crippen LogP contribution in [-0.4, -0.2) is 17.3 Å². The molecule has 0 spiro atoms. The van der Waals surface area contributed by atoms with Crippen LogP contribution in [0.1, 0.15) is 10.4 Å². The molecule has 0 saturated carbocycles. The fourth-order valence-electron chi connectivity index (χ4n) is 0.668. The van der Waals surface area contributed by atoms with Crippen molar-refractivity contribution in [1.82, 2.24) is 4.98 Å². The SMILES string of the molecule is O=C(OOC(F)(F)F)c1cccnc1Cl. The van der Waals surface area contributed by atoms with Crippen molar-refractivity contribution in [2.45, 2.75) is 6.36 Å². The van der Waals surface area contributed by atoms with Gasteiger partial charge in [-0.25, -0.2) is 9.78 Å². The topological polar surface area (TPSA) is 48.4 Å². The second-order valence-electron chi connectivity index (χ2n) is 2.24. The van der Waals surface area contributed by atoms with Crippen molar-refractivity contribution < 1.29 is 27.7 Å². The molecule has 0 unspecified atom stereocenters. The monoisotopic (exact) mass is 241 g/mol. The summed E-state index contributed by atoms with van der Waals surface area (Å²) >= 11 is 5.42. The number of hydrogen-bond acceptors (Lipinski definition) is 4. The number of carbonyl (C=O) groups excluding carboxylic acids is 1. The summed E-state index contributed by atoms with van der Waals surface area (Å²) in [6.45, 7) is 0. The van der Waals surface area contributed by atoms with Gasteiger partial charge in [-0.05, 0) is 12.1 Å². The molecule has 0 aliphatic rings. The molecule has 0 saturated heterocycles. The standard InChI is InChI=1S/C7H3ClF3NO3/c8-5-4(2-1-3-12-5)6(13)14-15-7(9,10)11/h1-3H. The molecule has 15 heavy (non-hydrogen) atoms. The second kappa shape index (κ2) is 4.45. The fraction of sp³-hybridized carbons (Fsp3) is 0.143. The summed E-state index contributed by atoms with van der Waals surface area (Å²) in [6, 6.07) is 2.47. The maximum atomic E-state index is 11.5. The van der Waals surface area contributed by atoms with Crippen LogP contribution >= 0.6 is 11.6 Å². The van der Waals surface area contributed by atoms with Crippen molar-refractivity contribution in [1.29, 1.82) is 0 Å². The predicted molar refractivity (Wildman–Crippen MR) is 41.8 cm³/mol. The number of rotatable bonds is 2. The van der Waals surface area contributed by atoms with Crippen molar-refractivity contribution in [3.8, 4) is 0 Å². The lowest BCUT2D eigenvalue weighted by molar-refractivity contribution is -0.457. The third-order valence-electron chi connectivity index (χ3n) is 1.19. The first-order valence-electron chi connectivity index (χ1n) is 3.47. The summed E-state index contributed by atoms with van der Waals surface area (Å²) < 4.78 is 34.5. The van der Waals surface area contributed by atoms with Gasteiger partial charge in [0.15, 0.2) is 0 Å². The molecule has 0 atom stereocenters. The lowest BCUT2D eigenvalue weighted by atomic mass is 10.3. The number of pyridine rings is 1. The highest BCUT2D eigenvalue weighted by molar-refractivity contribution is 6.32. The molecule has 0 bridgehead atoms. The molecule has 4 nitrogen and oxygen atoms in total. The van der Waals surface area contributed by atoms with Gasteiger partial charge in [-0.15, -0.1) is 13.2 Å². The normalized spacial score (nSPS) is 11.2. The summed E-state index contributed by atoms with van der Waals surface area (Å²) in [6.07, 6.45) is -3.78. The van der Waals surface area contributed by atoms with E-state index in [0.29, 0.717) is 0 Å². The van der Waals surface area contributed by atoms with E-state index >= 15 is 0 Å². The predicted octanol–water partition coefficient (Wildman–Crippen LogP) is 2.34. The lowest BCUT2D eigenvalue weighted by Crippen LogP contribution is -2.17. The number of carbonyl (C=O) groups is 1. The van der Waals surface area contributed by atoms with Crippen LogP contribution in [0.3, 0.4) is 0 Å². The van der Waals surface area contributed by atoms with Gasteiger partial charge in [-0.1, -0.05) is 16.5 Å². The van der Waals surface area contributed by atoms with Crippen molar-refractivity contribution in [3.05, 3.63) is 29.0 Å². The van der Waals surface area contributed by atoms with Gasteiger partial charge in [0.25, 0.3) is 0 Å². The zero-order chi connectivity index (χ0) is 11.5. The number of halogens is 4. The highest BCUT2D eigenvalue weighted by Gasteiger charge is 2.33. The van der Waals surface area contributed by atoms with Gasteiger partial charge in [0.1, 0.15) is 10.7 Å². The Labute approximate surface area is 86.5 Å². The summed E-state index contributed by atoms with van der Waals surface area (Å²) in [5.41, 5.74) is -0.316. The van der Waals surface area contributed by atoms with Crippen LogP contribution in [0.15, 0.2) is 18.3 Å². The molecule has 82 valence electrons. The molecule has 1 heterocycles. The van der Waals surface area contributed by atoms with E-state index in [1.807, 2.05) is 0 Å². The van der Waals surface area contributed by atoms with Gasteiger partial charge in [0, 0.05) is 6.20 Å². The molecule has 0 aromatic carbocycles. The van der Waals surface area contributed by atoms with E-state index in [1.165, 1.54) is 12.3 Å². The molecular weight excluding hydrogens is 239 g/mol. The van der Waals surface area contributed by atoms with Crippen LogP contribution in [0.25, 0.3) is 0 Å². The Hall–Kier alpha value is -1.34. The lowest BCUT2D eigenvalue weighted by Gasteiger charge is -2.05. The minimum absolute atomic E-state index is 0.270. The summed E-state index contributed by atoms with van der Waals surface area (Å²) in [5.74, 6) is -1.37. The number of alkyl halides is 3. The quantitative estimate of drug-likeness (QED) is 0.453. The van der Waals surface area contributed by atoms with Crippen LogP contribution in [0.4, 0.5) is 13.2 Å². The first kappa shape index (κ1) is 11.7. The molecule has 0 fully saturated rings. The van der Waals surface area contributed by atoms with E-state index in [4.69, 9.17) is 11.6 Å². The Morgan fingerprint density at radius 2 is 2.13 bits per heavy atom. The summed E-state index contributed by atoms with van der Waals surface area (Å²) in [5, 5.41) is -0.270. The average molecular weight is 242 g/mol. The third kappa shape index (κ3) is 3.72. The second-order valence-corrected chi connectivity index (χ2v) is 2.60. The van der Waals surface area contributed by atoms with Crippen LogP contribution in [-0.2, 0) is 9.78 Å². The van der Waals surface area contributed by atoms with Gasteiger partial charge in [-0.3, -0.25) is 4.89 Å². The number of aromatic nitrogens is 1. The molecule has 0 aliphatic heterocycles. The molecule has 0 N–H and O–H groups in total. The number of nitrogens with zero attached hydrogens (tertiary/aromatic N) is 1. The molecule has 1 aromatic heterocycles. The summed E-state index contributed by atoms with van der Waals surface area (Å²) in [4.78, 5) is 20.8. The van der Waals surface area contributed by atoms with Crippen LogP contribution in [0, 0.1) is 0 Å². The van der Waals surface area contributed by atoms with Gasteiger partial charge < -0.3 is 0 Å². The largest absolute Gasteiger partial charge is 0.558 e. The molecule has 8 heteroatoms. The van der Waals surface area contributed by atoms with Crippen LogP contribution in [0.2, 0.25) is 5.15 Å². The smallest absolute Gasteiger partial charge is 0.284 e. The van der Waals surface area contributed by atoms with E-state index in [0.717, 1.165) is 6.07 Å². The molecule has 0 aliphatic carbocycles. The van der Waals surface area contributed by atoms with E-state index in [-0.39, 0.29) is 10.7 Å². The minimum Gasteiger partial charge on any atom is -0.284 e. The molecule has 0 amide bonds. The first-order valence-corrected chi connectivity index (χ1v) is 3.85. The van der Waals surface area contributed by atoms with E-state index in [9.17, 15) is 18.0 Å². The Balaban J connectivity index is 2.66. The van der Waals surface area contributed by atoms with Crippen molar-refractivity contribution >= 4 is 17.6 Å². The van der Waals surface area contributed by atoms with Crippen LogP contribution < -0.4 is 0 Å². The Bertz CT molecular complexity index is 369. The first-order chi connectivity index (χ1) is 6.90. The van der Waals surface area contributed by atoms with E-state index in [1.54, 1.807) is 0 Å².